The normalized spacial score (nSPS) is 15.2. The monoisotopic (exact) mass is 411 g/mol. The highest BCUT2D eigenvalue weighted by Gasteiger charge is 2.27. The Hall–Kier alpha value is -2.60. The minimum atomic E-state index is -0.0817. The minimum absolute atomic E-state index is 0.0817. The lowest BCUT2D eigenvalue weighted by molar-refractivity contribution is 0.183. The fourth-order valence-corrected chi connectivity index (χ4v) is 4.16. The summed E-state index contributed by atoms with van der Waals surface area (Å²) in [5.41, 5.74) is 2.61. The predicted molar refractivity (Wildman–Crippen MR) is 116 cm³/mol. The summed E-state index contributed by atoms with van der Waals surface area (Å²) in [5, 5.41) is 3.55. The molecule has 152 valence electrons. The molecular formula is C22H26ClN5O. The topological polar surface area (TPSA) is 63.1 Å². The highest BCUT2D eigenvalue weighted by atomic mass is 35.5. The highest BCUT2D eigenvalue weighted by Crippen LogP contribution is 2.29. The van der Waals surface area contributed by atoms with Gasteiger partial charge in [0.1, 0.15) is 11.3 Å². The van der Waals surface area contributed by atoms with E-state index in [1.807, 2.05) is 35.4 Å². The lowest BCUT2D eigenvalue weighted by Crippen LogP contribution is -2.41. The van der Waals surface area contributed by atoms with Gasteiger partial charge >= 0.3 is 6.03 Å². The molecule has 1 N–H and O–H groups in total. The molecule has 1 aliphatic heterocycles. The molecule has 1 fully saturated rings. The molecule has 4 rings (SSSR count). The zero-order valence-electron chi connectivity index (χ0n) is 16.8. The van der Waals surface area contributed by atoms with E-state index in [4.69, 9.17) is 16.6 Å². The van der Waals surface area contributed by atoms with Crippen LogP contribution in [0.15, 0.2) is 42.6 Å². The summed E-state index contributed by atoms with van der Waals surface area (Å²) in [6, 6.07) is 11.4. The number of aromatic nitrogens is 3. The summed E-state index contributed by atoms with van der Waals surface area (Å²) in [6.07, 6.45) is 4.52. The third-order valence-corrected chi connectivity index (χ3v) is 5.54. The maximum absolute atomic E-state index is 12.6. The van der Waals surface area contributed by atoms with Crippen LogP contribution in [0.1, 0.15) is 38.6 Å². The molecule has 0 unspecified atom stereocenters. The number of fused-ring (bicyclic) bond motifs is 1. The maximum atomic E-state index is 12.6. The molecule has 29 heavy (non-hydrogen) atoms. The molecule has 0 bridgehead atoms. The van der Waals surface area contributed by atoms with Gasteiger partial charge in [0, 0.05) is 42.5 Å². The van der Waals surface area contributed by atoms with E-state index in [2.05, 4.69) is 28.7 Å². The largest absolute Gasteiger partial charge is 0.324 e. The number of piperidine rings is 1. The third-order valence-electron chi connectivity index (χ3n) is 5.31. The lowest BCUT2D eigenvalue weighted by Gasteiger charge is -2.33. The van der Waals surface area contributed by atoms with Crippen LogP contribution in [-0.2, 0) is 6.42 Å². The van der Waals surface area contributed by atoms with Crippen LogP contribution in [0, 0.1) is 5.92 Å². The number of anilines is 1. The van der Waals surface area contributed by atoms with E-state index in [0.717, 1.165) is 36.3 Å². The highest BCUT2D eigenvalue weighted by molar-refractivity contribution is 6.30. The number of halogens is 1. The van der Waals surface area contributed by atoms with Gasteiger partial charge in [0.25, 0.3) is 0 Å². The first-order valence-electron chi connectivity index (χ1n) is 10.1. The van der Waals surface area contributed by atoms with Crippen LogP contribution in [0.3, 0.4) is 0 Å². The number of pyridine rings is 1. The van der Waals surface area contributed by atoms with Crippen molar-refractivity contribution in [3.05, 3.63) is 53.4 Å². The lowest BCUT2D eigenvalue weighted by atomic mass is 10.0. The number of benzene rings is 1. The first-order chi connectivity index (χ1) is 14.0. The van der Waals surface area contributed by atoms with Gasteiger partial charge in [-0.3, -0.25) is 0 Å². The predicted octanol–water partition coefficient (Wildman–Crippen LogP) is 5.15. The summed E-state index contributed by atoms with van der Waals surface area (Å²) >= 11 is 6.01. The van der Waals surface area contributed by atoms with Crippen molar-refractivity contribution >= 4 is 34.5 Å². The number of rotatable bonds is 4. The number of hydrogen-bond donors (Lipinski definition) is 1. The van der Waals surface area contributed by atoms with Crippen molar-refractivity contribution in [3.8, 4) is 0 Å². The van der Waals surface area contributed by atoms with Gasteiger partial charge in [-0.05, 0) is 49.1 Å². The van der Waals surface area contributed by atoms with E-state index in [1.165, 1.54) is 0 Å². The second-order valence-electron chi connectivity index (χ2n) is 8.00. The smallest absolute Gasteiger partial charge is 0.321 e. The number of carbonyl (C=O) groups is 1. The van der Waals surface area contributed by atoms with Crippen molar-refractivity contribution in [2.75, 3.05) is 18.4 Å². The molecule has 0 radical (unpaired) electrons. The molecule has 1 aromatic carbocycles. The number of imidazole rings is 1. The van der Waals surface area contributed by atoms with Crippen LogP contribution in [0.4, 0.5) is 10.5 Å². The van der Waals surface area contributed by atoms with E-state index in [9.17, 15) is 4.79 Å². The number of carbonyl (C=O) groups excluding carboxylic acids is 1. The quantitative estimate of drug-likeness (QED) is 0.645. The van der Waals surface area contributed by atoms with Gasteiger partial charge in [-0.1, -0.05) is 31.5 Å². The van der Waals surface area contributed by atoms with Crippen molar-refractivity contribution in [3.63, 3.8) is 0 Å². The number of amides is 2. The second-order valence-corrected chi connectivity index (χ2v) is 8.44. The molecule has 2 amide bonds. The van der Waals surface area contributed by atoms with Crippen LogP contribution in [0.5, 0.6) is 0 Å². The van der Waals surface area contributed by atoms with Gasteiger partial charge in [0.2, 0.25) is 0 Å². The Morgan fingerprint density at radius 1 is 1.24 bits per heavy atom. The van der Waals surface area contributed by atoms with Crippen LogP contribution < -0.4 is 5.32 Å². The molecule has 2 aromatic heterocycles. The van der Waals surface area contributed by atoms with Gasteiger partial charge in [-0.15, -0.1) is 0 Å². The van der Waals surface area contributed by atoms with E-state index >= 15 is 0 Å². The fourth-order valence-electron chi connectivity index (χ4n) is 3.97. The van der Waals surface area contributed by atoms with E-state index in [0.29, 0.717) is 35.8 Å². The van der Waals surface area contributed by atoms with Crippen LogP contribution in [0.25, 0.3) is 11.2 Å². The molecular weight excluding hydrogens is 386 g/mol. The average molecular weight is 412 g/mol. The Bertz CT molecular complexity index is 1010. The molecule has 7 heteroatoms. The van der Waals surface area contributed by atoms with Crippen molar-refractivity contribution in [1.82, 2.24) is 19.4 Å². The summed E-state index contributed by atoms with van der Waals surface area (Å²) in [7, 11) is 0. The van der Waals surface area contributed by atoms with Crippen LogP contribution in [-0.4, -0.2) is 38.6 Å². The zero-order valence-corrected chi connectivity index (χ0v) is 17.6. The Balaban J connectivity index is 1.47. The molecule has 3 aromatic rings. The molecule has 0 spiro atoms. The van der Waals surface area contributed by atoms with Gasteiger partial charge in [-0.2, -0.15) is 0 Å². The SMILES string of the molecule is CC(C)Cc1nc2cccnc2n1C1CCN(C(=O)Nc2cccc(Cl)c2)CC1. The zero-order chi connectivity index (χ0) is 20.4. The summed E-state index contributed by atoms with van der Waals surface area (Å²) < 4.78 is 2.31. The van der Waals surface area contributed by atoms with Crippen molar-refractivity contribution < 1.29 is 4.79 Å². The van der Waals surface area contributed by atoms with Crippen molar-refractivity contribution in [2.24, 2.45) is 5.92 Å². The number of nitrogens with zero attached hydrogens (tertiary/aromatic N) is 4. The minimum Gasteiger partial charge on any atom is -0.324 e. The van der Waals surface area contributed by atoms with E-state index in [1.54, 1.807) is 12.1 Å². The van der Waals surface area contributed by atoms with Crippen LogP contribution >= 0.6 is 11.6 Å². The number of nitrogens with one attached hydrogen (secondary N) is 1. The summed E-state index contributed by atoms with van der Waals surface area (Å²) in [4.78, 5) is 23.9. The van der Waals surface area contributed by atoms with Crippen molar-refractivity contribution in [2.45, 2.75) is 39.2 Å². The third kappa shape index (κ3) is 4.37. The van der Waals surface area contributed by atoms with E-state index in [-0.39, 0.29) is 6.03 Å². The Labute approximate surface area is 175 Å². The number of hydrogen-bond acceptors (Lipinski definition) is 3. The average Bonchev–Trinajstić information content (AvgIpc) is 3.05. The van der Waals surface area contributed by atoms with Crippen LogP contribution in [0.2, 0.25) is 5.02 Å². The molecule has 0 aliphatic carbocycles. The van der Waals surface area contributed by atoms with Gasteiger partial charge in [0.15, 0.2) is 5.65 Å². The first kappa shape index (κ1) is 19.7. The maximum Gasteiger partial charge on any atom is 0.321 e. The van der Waals surface area contributed by atoms with Gasteiger partial charge in [-0.25, -0.2) is 14.8 Å². The summed E-state index contributed by atoms with van der Waals surface area (Å²) in [5.74, 6) is 1.62. The molecule has 3 heterocycles. The van der Waals surface area contributed by atoms with Crippen molar-refractivity contribution in [1.29, 1.82) is 0 Å². The van der Waals surface area contributed by atoms with Gasteiger partial charge in [0.05, 0.1) is 0 Å². The standard InChI is InChI=1S/C22H26ClN5O/c1-15(2)13-20-26-19-7-4-10-24-21(19)28(20)18-8-11-27(12-9-18)22(29)25-17-6-3-5-16(23)14-17/h3-7,10,14-15,18H,8-9,11-13H2,1-2H3,(H,25,29). The molecule has 1 saturated heterocycles. The first-order valence-corrected chi connectivity index (χ1v) is 10.5. The molecule has 6 nitrogen and oxygen atoms in total. The Kier molecular flexibility index (Phi) is 5.72. The number of urea groups is 1. The molecule has 1 aliphatic rings. The summed E-state index contributed by atoms with van der Waals surface area (Å²) in [6.45, 7) is 5.81. The Morgan fingerprint density at radius 3 is 2.76 bits per heavy atom. The Morgan fingerprint density at radius 2 is 2.03 bits per heavy atom. The number of likely N-dealkylation sites (tertiary alicyclic amines) is 1. The second kappa shape index (κ2) is 8.41. The molecule has 0 atom stereocenters. The molecule has 0 saturated carbocycles. The fraction of sp³-hybridized carbons (Fsp3) is 0.409. The van der Waals surface area contributed by atoms with E-state index < -0.39 is 0 Å². The van der Waals surface area contributed by atoms with Gasteiger partial charge < -0.3 is 14.8 Å².